The fraction of sp³-hybridized carbons (Fsp3) is 0.333. The Labute approximate surface area is 110 Å². The molecule has 7 heteroatoms. The van der Waals surface area contributed by atoms with Crippen LogP contribution in [0.3, 0.4) is 0 Å². The van der Waals surface area contributed by atoms with E-state index >= 15 is 0 Å². The maximum Gasteiger partial charge on any atom is 0.292 e. The van der Waals surface area contributed by atoms with Crippen molar-refractivity contribution < 1.29 is 4.92 Å². The molecule has 100 valence electrons. The zero-order valence-corrected chi connectivity index (χ0v) is 10.8. The molecule has 0 atom stereocenters. The van der Waals surface area contributed by atoms with Gasteiger partial charge in [-0.3, -0.25) is 10.1 Å². The van der Waals surface area contributed by atoms with Gasteiger partial charge in [0.25, 0.3) is 5.69 Å². The van der Waals surface area contributed by atoms with Gasteiger partial charge in [0.2, 0.25) is 0 Å². The van der Waals surface area contributed by atoms with E-state index in [0.717, 1.165) is 18.8 Å². The molecule has 1 heterocycles. The summed E-state index contributed by atoms with van der Waals surface area (Å²) in [5.74, 6) is 1.42. The molecular weight excluding hydrogens is 246 g/mol. The molecule has 1 aromatic heterocycles. The highest BCUT2D eigenvalue weighted by molar-refractivity contribution is 5.68. The lowest BCUT2D eigenvalue weighted by molar-refractivity contribution is -0.383. The predicted molar refractivity (Wildman–Crippen MR) is 71.6 cm³/mol. The molecule has 1 aromatic carbocycles. The van der Waals surface area contributed by atoms with Gasteiger partial charge in [-0.15, -0.1) is 10.2 Å². The molecule has 0 bridgehead atoms. The number of nitro groups is 1. The number of hydrogen-bond donors (Lipinski definition) is 1. The molecule has 2 aromatic rings. The van der Waals surface area contributed by atoms with E-state index in [9.17, 15) is 10.1 Å². The van der Waals surface area contributed by atoms with Crippen LogP contribution in [0.5, 0.6) is 0 Å². The number of nitrogen functional groups attached to an aromatic ring is 1. The molecular formula is C12H15N5O2. The summed E-state index contributed by atoms with van der Waals surface area (Å²) in [7, 11) is 0. The van der Waals surface area contributed by atoms with Crippen LogP contribution in [0.25, 0.3) is 11.4 Å². The van der Waals surface area contributed by atoms with Crippen LogP contribution in [0.1, 0.15) is 19.2 Å². The molecule has 0 spiro atoms. The summed E-state index contributed by atoms with van der Waals surface area (Å²) >= 11 is 0. The highest BCUT2D eigenvalue weighted by Crippen LogP contribution is 2.28. The van der Waals surface area contributed by atoms with Crippen LogP contribution in [0, 0.1) is 17.0 Å². The molecule has 0 amide bonds. The van der Waals surface area contributed by atoms with E-state index in [-0.39, 0.29) is 11.4 Å². The van der Waals surface area contributed by atoms with Crippen LogP contribution in [0.2, 0.25) is 0 Å². The number of aromatic nitrogens is 3. The second-order valence-electron chi connectivity index (χ2n) is 4.25. The molecule has 0 saturated heterocycles. The predicted octanol–water partition coefficient (Wildman–Crippen LogP) is 2.15. The maximum absolute atomic E-state index is 10.9. The van der Waals surface area contributed by atoms with Crippen molar-refractivity contribution in [1.29, 1.82) is 0 Å². The molecule has 0 unspecified atom stereocenters. The molecule has 0 aliphatic rings. The van der Waals surface area contributed by atoms with Crippen molar-refractivity contribution in [2.45, 2.75) is 26.8 Å². The Morgan fingerprint density at radius 3 is 2.79 bits per heavy atom. The number of anilines is 1. The molecule has 0 saturated carbocycles. The van der Waals surface area contributed by atoms with E-state index in [0.29, 0.717) is 11.4 Å². The molecule has 7 nitrogen and oxygen atoms in total. The topological polar surface area (TPSA) is 99.9 Å². The largest absolute Gasteiger partial charge is 0.393 e. The van der Waals surface area contributed by atoms with Gasteiger partial charge in [-0.25, -0.2) is 0 Å². The quantitative estimate of drug-likeness (QED) is 0.516. The Morgan fingerprint density at radius 1 is 1.42 bits per heavy atom. The summed E-state index contributed by atoms with van der Waals surface area (Å²) < 4.78 is 1.94. The van der Waals surface area contributed by atoms with Crippen LogP contribution in [-0.4, -0.2) is 19.7 Å². The number of nitro benzene ring substituents is 1. The van der Waals surface area contributed by atoms with Gasteiger partial charge < -0.3 is 10.3 Å². The molecule has 19 heavy (non-hydrogen) atoms. The van der Waals surface area contributed by atoms with Gasteiger partial charge >= 0.3 is 0 Å². The first kappa shape index (κ1) is 13.0. The van der Waals surface area contributed by atoms with Gasteiger partial charge in [-0.2, -0.15) is 0 Å². The third-order valence-corrected chi connectivity index (χ3v) is 2.87. The SMILES string of the molecule is CCCn1c(C)nnc1-c1ccc(N)c([N+](=O)[O-])c1. The first-order valence-electron chi connectivity index (χ1n) is 5.98. The fourth-order valence-corrected chi connectivity index (χ4v) is 1.93. The van der Waals surface area contributed by atoms with Crippen molar-refractivity contribution in [2.24, 2.45) is 0 Å². The number of aryl methyl sites for hydroxylation is 1. The lowest BCUT2D eigenvalue weighted by Crippen LogP contribution is -2.03. The summed E-state index contributed by atoms with van der Waals surface area (Å²) in [6.07, 6.45) is 0.933. The molecule has 0 fully saturated rings. The van der Waals surface area contributed by atoms with Crippen LogP contribution in [-0.2, 0) is 6.54 Å². The van der Waals surface area contributed by atoms with Gasteiger partial charge in [0, 0.05) is 18.2 Å². The molecule has 0 aliphatic carbocycles. The third kappa shape index (κ3) is 2.40. The van der Waals surface area contributed by atoms with E-state index in [2.05, 4.69) is 17.1 Å². The van der Waals surface area contributed by atoms with Gasteiger partial charge in [0.1, 0.15) is 11.5 Å². The lowest BCUT2D eigenvalue weighted by atomic mass is 10.1. The second-order valence-corrected chi connectivity index (χ2v) is 4.25. The van der Waals surface area contributed by atoms with Crippen LogP contribution >= 0.6 is 0 Å². The minimum atomic E-state index is -0.494. The zero-order chi connectivity index (χ0) is 14.0. The Balaban J connectivity index is 2.53. The van der Waals surface area contributed by atoms with Crippen LogP contribution in [0.4, 0.5) is 11.4 Å². The fourth-order valence-electron chi connectivity index (χ4n) is 1.93. The second kappa shape index (κ2) is 5.05. The van der Waals surface area contributed by atoms with Crippen molar-refractivity contribution >= 4 is 11.4 Å². The van der Waals surface area contributed by atoms with E-state index < -0.39 is 4.92 Å². The number of nitrogens with two attached hydrogens (primary N) is 1. The van der Waals surface area contributed by atoms with Crippen LogP contribution < -0.4 is 5.73 Å². The van der Waals surface area contributed by atoms with Crippen LogP contribution in [0.15, 0.2) is 18.2 Å². The van der Waals surface area contributed by atoms with Gasteiger partial charge in [0.05, 0.1) is 4.92 Å². The Hall–Kier alpha value is -2.44. The van der Waals surface area contributed by atoms with Crippen molar-refractivity contribution in [3.63, 3.8) is 0 Å². The van der Waals surface area contributed by atoms with Crippen molar-refractivity contribution in [3.05, 3.63) is 34.1 Å². The van der Waals surface area contributed by atoms with Crippen molar-refractivity contribution in [1.82, 2.24) is 14.8 Å². The first-order chi connectivity index (χ1) is 9.04. The average Bonchev–Trinajstić information content (AvgIpc) is 2.72. The Morgan fingerprint density at radius 2 is 2.16 bits per heavy atom. The van der Waals surface area contributed by atoms with E-state index in [1.807, 2.05) is 11.5 Å². The highest BCUT2D eigenvalue weighted by atomic mass is 16.6. The number of nitrogens with zero attached hydrogens (tertiary/aromatic N) is 4. The molecule has 0 radical (unpaired) electrons. The normalized spacial score (nSPS) is 10.6. The Kier molecular flexibility index (Phi) is 3.46. The smallest absolute Gasteiger partial charge is 0.292 e. The van der Waals surface area contributed by atoms with Crippen molar-refractivity contribution in [2.75, 3.05) is 5.73 Å². The van der Waals surface area contributed by atoms with E-state index in [4.69, 9.17) is 5.73 Å². The summed E-state index contributed by atoms with van der Waals surface area (Å²) in [5.41, 5.74) is 6.27. The lowest BCUT2D eigenvalue weighted by Gasteiger charge is -2.07. The summed E-state index contributed by atoms with van der Waals surface area (Å²) in [6, 6.07) is 4.68. The highest BCUT2D eigenvalue weighted by Gasteiger charge is 2.16. The van der Waals surface area contributed by atoms with Gasteiger partial charge in [-0.05, 0) is 25.5 Å². The number of benzene rings is 1. The van der Waals surface area contributed by atoms with Crippen molar-refractivity contribution in [3.8, 4) is 11.4 Å². The molecule has 0 aliphatic heterocycles. The zero-order valence-electron chi connectivity index (χ0n) is 10.8. The third-order valence-electron chi connectivity index (χ3n) is 2.87. The van der Waals surface area contributed by atoms with E-state index in [1.54, 1.807) is 6.07 Å². The Bertz CT molecular complexity index is 621. The minimum absolute atomic E-state index is 0.110. The summed E-state index contributed by atoms with van der Waals surface area (Å²) in [6.45, 7) is 4.68. The summed E-state index contributed by atoms with van der Waals surface area (Å²) in [5, 5.41) is 19.0. The average molecular weight is 261 g/mol. The minimum Gasteiger partial charge on any atom is -0.393 e. The molecule has 2 N–H and O–H groups in total. The summed E-state index contributed by atoms with van der Waals surface area (Å²) in [4.78, 5) is 10.4. The van der Waals surface area contributed by atoms with E-state index in [1.165, 1.54) is 12.1 Å². The maximum atomic E-state index is 10.9. The standard InChI is InChI=1S/C12H15N5O2/c1-3-6-16-8(2)14-15-12(16)9-4-5-10(13)11(7-9)17(18)19/h4-5,7H,3,6,13H2,1-2H3. The monoisotopic (exact) mass is 261 g/mol. The van der Waals surface area contributed by atoms with Gasteiger partial charge in [-0.1, -0.05) is 6.92 Å². The number of rotatable bonds is 4. The molecule has 2 rings (SSSR count). The van der Waals surface area contributed by atoms with Gasteiger partial charge in [0.15, 0.2) is 5.82 Å². The first-order valence-corrected chi connectivity index (χ1v) is 5.98. The number of hydrogen-bond acceptors (Lipinski definition) is 5.